The number of nitriles is 1. The first-order valence-electron chi connectivity index (χ1n) is 5.15. The van der Waals surface area contributed by atoms with Crippen LogP contribution in [0.3, 0.4) is 0 Å². The largest absolute Gasteiger partial charge is 0.416 e. The summed E-state index contributed by atoms with van der Waals surface area (Å²) in [6.45, 7) is 0. The van der Waals surface area contributed by atoms with Gasteiger partial charge in [-0.1, -0.05) is 11.8 Å². The second-order valence-corrected chi connectivity index (χ2v) is 4.42. The fourth-order valence-corrected chi connectivity index (χ4v) is 1.64. The molecule has 0 amide bonds. The molecule has 0 saturated carbocycles. The van der Waals surface area contributed by atoms with Crippen molar-refractivity contribution in [3.63, 3.8) is 0 Å². The van der Waals surface area contributed by atoms with Crippen molar-refractivity contribution >= 4 is 22.6 Å². The molecule has 0 aliphatic rings. The van der Waals surface area contributed by atoms with E-state index in [9.17, 15) is 26.3 Å². The van der Waals surface area contributed by atoms with Crippen LogP contribution in [0.5, 0.6) is 0 Å². The maximum atomic E-state index is 12.6. The normalized spacial score (nSPS) is 13.0. The average Bonchev–Trinajstić information content (AvgIpc) is 2.35. The number of amidine groups is 1. The van der Waals surface area contributed by atoms with Gasteiger partial charge in [0.15, 0.2) is 11.4 Å². The zero-order valence-corrected chi connectivity index (χ0v) is 11.1. The number of thioether (sulfide) groups is 1. The Kier molecular flexibility index (Phi) is 5.11. The van der Waals surface area contributed by atoms with Gasteiger partial charge in [-0.25, -0.2) is 4.99 Å². The van der Waals surface area contributed by atoms with Crippen LogP contribution in [0, 0.1) is 11.5 Å². The summed E-state index contributed by atoms with van der Waals surface area (Å²) in [5.74, 6) is 0. The monoisotopic (exact) mass is 327 g/mol. The maximum absolute atomic E-state index is 12.6. The van der Waals surface area contributed by atoms with E-state index in [0.717, 1.165) is 11.8 Å². The van der Waals surface area contributed by atoms with Crippen LogP contribution in [0.4, 0.5) is 32.0 Å². The van der Waals surface area contributed by atoms with Crippen LogP contribution >= 0.6 is 11.8 Å². The van der Waals surface area contributed by atoms with Crippen LogP contribution in [0.15, 0.2) is 23.2 Å². The molecule has 0 saturated heterocycles. The highest BCUT2D eigenvalue weighted by Crippen LogP contribution is 2.38. The highest BCUT2D eigenvalue weighted by molar-refractivity contribution is 8.13. The van der Waals surface area contributed by atoms with Crippen LogP contribution in [-0.4, -0.2) is 11.4 Å². The van der Waals surface area contributed by atoms with E-state index in [1.807, 2.05) is 0 Å². The molecule has 21 heavy (non-hydrogen) atoms. The van der Waals surface area contributed by atoms with Crippen molar-refractivity contribution in [1.82, 2.24) is 5.32 Å². The lowest BCUT2D eigenvalue weighted by atomic mass is 10.1. The molecule has 1 aromatic carbocycles. The number of benzene rings is 1. The Morgan fingerprint density at radius 3 is 1.90 bits per heavy atom. The van der Waals surface area contributed by atoms with Gasteiger partial charge in [0, 0.05) is 0 Å². The van der Waals surface area contributed by atoms with Gasteiger partial charge in [0.05, 0.1) is 16.8 Å². The highest BCUT2D eigenvalue weighted by atomic mass is 32.2. The van der Waals surface area contributed by atoms with E-state index in [-0.39, 0.29) is 11.2 Å². The van der Waals surface area contributed by atoms with Gasteiger partial charge in [-0.2, -0.15) is 31.6 Å². The SMILES string of the molecule is CSC(=Nc1cc(C(F)(F)F)cc(C(F)(F)F)c1)NC#N. The third-order valence-electron chi connectivity index (χ3n) is 2.16. The van der Waals surface area contributed by atoms with E-state index in [1.165, 1.54) is 12.4 Å². The number of halogens is 6. The average molecular weight is 327 g/mol. The van der Waals surface area contributed by atoms with Crippen LogP contribution in [-0.2, 0) is 12.4 Å². The molecule has 1 aromatic rings. The van der Waals surface area contributed by atoms with Gasteiger partial charge >= 0.3 is 12.4 Å². The van der Waals surface area contributed by atoms with Crippen molar-refractivity contribution in [2.45, 2.75) is 12.4 Å². The molecule has 1 N–H and O–H groups in total. The van der Waals surface area contributed by atoms with E-state index in [1.54, 1.807) is 0 Å². The maximum Gasteiger partial charge on any atom is 0.416 e. The van der Waals surface area contributed by atoms with Gasteiger partial charge < -0.3 is 0 Å². The molecule has 3 nitrogen and oxygen atoms in total. The van der Waals surface area contributed by atoms with Crippen molar-refractivity contribution in [1.29, 1.82) is 5.26 Å². The molecule has 0 aliphatic carbocycles. The standard InChI is InChI=1S/C11H7F6N3S/c1-21-9(19-5-18)20-8-3-6(10(12,13)14)2-7(4-8)11(15,16)17/h2-4H,1H3,(H,19,20). The van der Waals surface area contributed by atoms with Crippen LogP contribution in [0.25, 0.3) is 0 Å². The predicted octanol–water partition coefficient (Wildman–Crippen LogP) is 4.15. The van der Waals surface area contributed by atoms with E-state index >= 15 is 0 Å². The first-order chi connectivity index (χ1) is 9.57. The minimum atomic E-state index is -4.94. The summed E-state index contributed by atoms with van der Waals surface area (Å²) in [7, 11) is 0. The third-order valence-corrected chi connectivity index (χ3v) is 2.74. The van der Waals surface area contributed by atoms with Crippen molar-refractivity contribution in [3.05, 3.63) is 29.3 Å². The van der Waals surface area contributed by atoms with Gasteiger partial charge in [0.2, 0.25) is 0 Å². The molecule has 0 aliphatic heterocycles. The number of hydrogen-bond donors (Lipinski definition) is 1. The zero-order chi connectivity index (χ0) is 16.3. The Labute approximate surface area is 119 Å². The first-order valence-corrected chi connectivity index (χ1v) is 6.37. The molecular weight excluding hydrogens is 320 g/mol. The summed E-state index contributed by atoms with van der Waals surface area (Å²) in [5, 5.41) is 10.3. The van der Waals surface area contributed by atoms with Gasteiger partial charge in [-0.15, -0.1) is 0 Å². The Hall–Kier alpha value is -1.89. The highest BCUT2D eigenvalue weighted by Gasteiger charge is 2.36. The Morgan fingerprint density at radius 1 is 1.10 bits per heavy atom. The molecule has 10 heteroatoms. The molecule has 0 fully saturated rings. The number of rotatable bonds is 1. The van der Waals surface area contributed by atoms with E-state index in [4.69, 9.17) is 5.26 Å². The molecule has 0 radical (unpaired) electrons. The summed E-state index contributed by atoms with van der Waals surface area (Å²) in [5.41, 5.74) is -3.48. The van der Waals surface area contributed by atoms with E-state index < -0.39 is 29.2 Å². The van der Waals surface area contributed by atoms with E-state index in [0.29, 0.717) is 12.1 Å². The molecule has 114 valence electrons. The molecule has 1 rings (SSSR count). The number of nitrogens with one attached hydrogen (secondary N) is 1. The Balaban J connectivity index is 3.43. The predicted molar refractivity (Wildman–Crippen MR) is 65.8 cm³/mol. The first kappa shape index (κ1) is 17.2. The van der Waals surface area contributed by atoms with Crippen LogP contribution in [0.2, 0.25) is 0 Å². The molecule has 0 unspecified atom stereocenters. The summed E-state index contributed by atoms with van der Waals surface area (Å²) in [6.07, 6.45) is -6.93. The summed E-state index contributed by atoms with van der Waals surface area (Å²) < 4.78 is 75.7. The zero-order valence-electron chi connectivity index (χ0n) is 10.3. The lowest BCUT2D eigenvalue weighted by Gasteiger charge is -2.13. The molecular formula is C11H7F6N3S. The molecule has 0 atom stereocenters. The van der Waals surface area contributed by atoms with Crippen LogP contribution < -0.4 is 5.32 Å². The minimum absolute atomic E-state index is 0.00943. The molecule has 0 aromatic heterocycles. The lowest BCUT2D eigenvalue weighted by Crippen LogP contribution is -2.13. The van der Waals surface area contributed by atoms with Crippen molar-refractivity contribution in [2.24, 2.45) is 4.99 Å². The van der Waals surface area contributed by atoms with Gasteiger partial charge in [-0.05, 0) is 24.5 Å². The quantitative estimate of drug-likeness (QED) is 0.277. The molecule has 0 heterocycles. The second-order valence-electron chi connectivity index (χ2n) is 3.62. The van der Waals surface area contributed by atoms with Crippen molar-refractivity contribution < 1.29 is 26.3 Å². The summed E-state index contributed by atoms with van der Waals surface area (Å²) in [4.78, 5) is 3.56. The fourth-order valence-electron chi connectivity index (χ4n) is 1.29. The van der Waals surface area contributed by atoms with Gasteiger partial charge in [-0.3, -0.25) is 5.32 Å². The smallest absolute Gasteiger partial charge is 0.271 e. The third kappa shape index (κ3) is 4.86. The van der Waals surface area contributed by atoms with Gasteiger partial charge in [0.1, 0.15) is 0 Å². The number of alkyl halides is 6. The topological polar surface area (TPSA) is 48.2 Å². The molecule has 0 bridgehead atoms. The molecule has 0 spiro atoms. The van der Waals surface area contributed by atoms with Crippen molar-refractivity contribution in [3.8, 4) is 6.19 Å². The Morgan fingerprint density at radius 2 is 1.57 bits per heavy atom. The van der Waals surface area contributed by atoms with Gasteiger partial charge in [0.25, 0.3) is 0 Å². The summed E-state index contributed by atoms with van der Waals surface area (Å²) in [6, 6.07) is 0.963. The number of hydrogen-bond acceptors (Lipinski definition) is 3. The fraction of sp³-hybridized carbons (Fsp3) is 0.273. The Bertz CT molecular complexity index is 553. The lowest BCUT2D eigenvalue weighted by molar-refractivity contribution is -0.143. The van der Waals surface area contributed by atoms with Crippen molar-refractivity contribution in [2.75, 3.05) is 6.26 Å². The van der Waals surface area contributed by atoms with E-state index in [2.05, 4.69) is 10.3 Å². The second kappa shape index (κ2) is 6.26. The summed E-state index contributed by atoms with van der Waals surface area (Å²) >= 11 is 0.870. The number of aliphatic imine (C=N–C) groups is 1. The minimum Gasteiger partial charge on any atom is -0.271 e. The number of nitrogens with zero attached hydrogens (tertiary/aromatic N) is 2. The van der Waals surface area contributed by atoms with Crippen LogP contribution in [0.1, 0.15) is 11.1 Å².